The van der Waals surface area contributed by atoms with Crippen LogP contribution in [0.3, 0.4) is 0 Å². The summed E-state index contributed by atoms with van der Waals surface area (Å²) in [6.07, 6.45) is 4.09. The van der Waals surface area contributed by atoms with Gasteiger partial charge in [-0.25, -0.2) is 0 Å². The molecule has 1 aliphatic carbocycles. The summed E-state index contributed by atoms with van der Waals surface area (Å²) >= 11 is 0. The first kappa shape index (κ1) is 11.0. The summed E-state index contributed by atoms with van der Waals surface area (Å²) in [5.41, 5.74) is 0. The lowest BCUT2D eigenvalue weighted by Gasteiger charge is -2.24. The van der Waals surface area contributed by atoms with Crippen molar-refractivity contribution in [2.75, 3.05) is 19.6 Å². The molecule has 1 aliphatic rings. The summed E-state index contributed by atoms with van der Waals surface area (Å²) in [6.45, 7) is 10.4. The number of hydrogen-bond acceptors (Lipinski definition) is 2. The van der Waals surface area contributed by atoms with E-state index in [1.807, 2.05) is 0 Å². The van der Waals surface area contributed by atoms with Crippen LogP contribution in [-0.2, 0) is 0 Å². The van der Waals surface area contributed by atoms with Gasteiger partial charge in [0.05, 0.1) is 0 Å². The molecule has 0 heterocycles. The van der Waals surface area contributed by atoms with E-state index in [-0.39, 0.29) is 0 Å². The maximum Gasteiger partial charge on any atom is 0.0166 e. The summed E-state index contributed by atoms with van der Waals surface area (Å²) < 4.78 is 0. The molecule has 0 bridgehead atoms. The van der Waals surface area contributed by atoms with E-state index in [2.05, 4.69) is 31.0 Å². The topological polar surface area (TPSA) is 15.3 Å². The van der Waals surface area contributed by atoms with E-state index in [0.717, 1.165) is 12.6 Å². The lowest BCUT2D eigenvalue weighted by molar-refractivity contribution is 0.249. The van der Waals surface area contributed by atoms with Gasteiger partial charge in [0.15, 0.2) is 0 Å². The molecule has 1 fully saturated rings. The van der Waals surface area contributed by atoms with Crippen molar-refractivity contribution in [1.82, 2.24) is 10.2 Å². The number of hydrogen-bond donors (Lipinski definition) is 1. The zero-order valence-electron chi connectivity index (χ0n) is 9.34. The maximum absolute atomic E-state index is 3.54. The second kappa shape index (κ2) is 5.61. The third-order valence-corrected chi connectivity index (χ3v) is 2.72. The van der Waals surface area contributed by atoms with E-state index in [1.54, 1.807) is 0 Å². The van der Waals surface area contributed by atoms with Gasteiger partial charge in [-0.1, -0.05) is 13.8 Å². The minimum absolute atomic E-state index is 0.653. The first-order chi connectivity index (χ1) is 6.27. The van der Waals surface area contributed by atoms with Crippen molar-refractivity contribution in [1.29, 1.82) is 0 Å². The average Bonchev–Trinajstić information content (AvgIpc) is 2.94. The monoisotopic (exact) mass is 184 g/mol. The van der Waals surface area contributed by atoms with Crippen LogP contribution in [-0.4, -0.2) is 36.6 Å². The largest absolute Gasteiger partial charge is 0.313 e. The van der Waals surface area contributed by atoms with Crippen molar-refractivity contribution in [3.63, 3.8) is 0 Å². The van der Waals surface area contributed by atoms with Gasteiger partial charge < -0.3 is 5.32 Å². The van der Waals surface area contributed by atoms with Gasteiger partial charge in [-0.05, 0) is 39.3 Å². The second-order valence-corrected chi connectivity index (χ2v) is 4.17. The molecule has 1 rings (SSSR count). The van der Waals surface area contributed by atoms with Crippen LogP contribution in [0.15, 0.2) is 0 Å². The van der Waals surface area contributed by atoms with Crippen LogP contribution in [0.1, 0.15) is 40.0 Å². The highest BCUT2D eigenvalue weighted by molar-refractivity contribution is 4.85. The van der Waals surface area contributed by atoms with Crippen molar-refractivity contribution in [2.45, 2.75) is 52.1 Å². The molecule has 1 unspecified atom stereocenters. The molecule has 0 amide bonds. The van der Waals surface area contributed by atoms with E-state index >= 15 is 0 Å². The average molecular weight is 184 g/mol. The summed E-state index contributed by atoms with van der Waals surface area (Å²) in [4.78, 5) is 2.60. The fourth-order valence-electron chi connectivity index (χ4n) is 1.78. The van der Waals surface area contributed by atoms with E-state index in [0.29, 0.717) is 6.04 Å². The predicted octanol–water partition coefficient (Wildman–Crippen LogP) is 1.86. The maximum atomic E-state index is 3.54. The van der Waals surface area contributed by atoms with E-state index in [1.165, 1.54) is 32.4 Å². The van der Waals surface area contributed by atoms with Crippen LogP contribution in [0.2, 0.25) is 0 Å². The van der Waals surface area contributed by atoms with E-state index < -0.39 is 0 Å². The fourth-order valence-corrected chi connectivity index (χ4v) is 1.78. The van der Waals surface area contributed by atoms with Crippen LogP contribution in [0.4, 0.5) is 0 Å². The van der Waals surface area contributed by atoms with Crippen LogP contribution in [0.5, 0.6) is 0 Å². The Bertz CT molecular complexity index is 132. The molecule has 78 valence electrons. The molecule has 2 heteroatoms. The molecule has 0 aromatic rings. The molecule has 13 heavy (non-hydrogen) atoms. The Morgan fingerprint density at radius 1 is 1.38 bits per heavy atom. The fraction of sp³-hybridized carbons (Fsp3) is 1.00. The van der Waals surface area contributed by atoms with Gasteiger partial charge in [-0.2, -0.15) is 0 Å². The van der Waals surface area contributed by atoms with Gasteiger partial charge in [0.25, 0.3) is 0 Å². The second-order valence-electron chi connectivity index (χ2n) is 4.17. The number of rotatable bonds is 7. The molecular formula is C11H24N2. The van der Waals surface area contributed by atoms with E-state index in [9.17, 15) is 0 Å². The molecule has 0 aromatic heterocycles. The smallest absolute Gasteiger partial charge is 0.0166 e. The molecule has 2 nitrogen and oxygen atoms in total. The van der Waals surface area contributed by atoms with Crippen molar-refractivity contribution in [2.24, 2.45) is 0 Å². The third-order valence-electron chi connectivity index (χ3n) is 2.72. The predicted molar refractivity (Wildman–Crippen MR) is 58.0 cm³/mol. The molecule has 0 aliphatic heterocycles. The van der Waals surface area contributed by atoms with Gasteiger partial charge >= 0.3 is 0 Å². The lowest BCUT2D eigenvalue weighted by atomic mass is 10.3. The first-order valence-corrected chi connectivity index (χ1v) is 5.75. The SMILES string of the molecule is CCCNC(C)CN(CC)C1CC1. The highest BCUT2D eigenvalue weighted by Crippen LogP contribution is 2.26. The van der Waals surface area contributed by atoms with Gasteiger partial charge in [0.2, 0.25) is 0 Å². The molecule has 1 saturated carbocycles. The number of nitrogens with zero attached hydrogens (tertiary/aromatic N) is 1. The van der Waals surface area contributed by atoms with Gasteiger partial charge in [-0.3, -0.25) is 4.90 Å². The Morgan fingerprint density at radius 2 is 2.08 bits per heavy atom. The van der Waals surface area contributed by atoms with Gasteiger partial charge in [0.1, 0.15) is 0 Å². The standard InChI is InChI=1S/C11H24N2/c1-4-8-12-10(3)9-13(5-2)11-6-7-11/h10-12H,4-9H2,1-3H3. The van der Waals surface area contributed by atoms with Gasteiger partial charge in [0, 0.05) is 18.6 Å². The highest BCUT2D eigenvalue weighted by Gasteiger charge is 2.28. The molecule has 0 aromatic carbocycles. The number of likely N-dealkylation sites (N-methyl/N-ethyl adjacent to an activating group) is 1. The Hall–Kier alpha value is -0.0800. The minimum atomic E-state index is 0.653. The Kier molecular flexibility index (Phi) is 4.74. The van der Waals surface area contributed by atoms with E-state index in [4.69, 9.17) is 0 Å². The van der Waals surface area contributed by atoms with Crippen molar-refractivity contribution in [3.05, 3.63) is 0 Å². The lowest BCUT2D eigenvalue weighted by Crippen LogP contribution is -2.40. The van der Waals surface area contributed by atoms with Crippen LogP contribution in [0.25, 0.3) is 0 Å². The van der Waals surface area contributed by atoms with Crippen molar-refractivity contribution in [3.8, 4) is 0 Å². The molecule has 0 saturated heterocycles. The molecular weight excluding hydrogens is 160 g/mol. The Morgan fingerprint density at radius 3 is 2.54 bits per heavy atom. The summed E-state index contributed by atoms with van der Waals surface area (Å²) in [7, 11) is 0. The Labute approximate surface area is 82.7 Å². The normalized spacial score (nSPS) is 19.4. The summed E-state index contributed by atoms with van der Waals surface area (Å²) in [5.74, 6) is 0. The Balaban J connectivity index is 2.12. The first-order valence-electron chi connectivity index (χ1n) is 5.75. The minimum Gasteiger partial charge on any atom is -0.313 e. The van der Waals surface area contributed by atoms with Crippen LogP contribution >= 0.6 is 0 Å². The molecule has 1 N–H and O–H groups in total. The zero-order chi connectivity index (χ0) is 9.68. The van der Waals surface area contributed by atoms with Crippen molar-refractivity contribution < 1.29 is 0 Å². The van der Waals surface area contributed by atoms with Crippen LogP contribution in [0, 0.1) is 0 Å². The highest BCUT2D eigenvalue weighted by atomic mass is 15.2. The number of nitrogens with one attached hydrogen (secondary N) is 1. The molecule has 0 radical (unpaired) electrons. The molecule has 0 spiro atoms. The van der Waals surface area contributed by atoms with Gasteiger partial charge in [-0.15, -0.1) is 0 Å². The van der Waals surface area contributed by atoms with Crippen molar-refractivity contribution >= 4 is 0 Å². The summed E-state index contributed by atoms with van der Waals surface area (Å²) in [5, 5.41) is 3.54. The van der Waals surface area contributed by atoms with Crippen LogP contribution < -0.4 is 5.32 Å². The zero-order valence-corrected chi connectivity index (χ0v) is 9.34. The summed E-state index contributed by atoms with van der Waals surface area (Å²) in [6, 6.07) is 1.57. The molecule has 1 atom stereocenters. The quantitative estimate of drug-likeness (QED) is 0.649. The third kappa shape index (κ3) is 4.10.